The van der Waals surface area contributed by atoms with Crippen molar-refractivity contribution in [2.45, 2.75) is 78.0 Å². The van der Waals surface area contributed by atoms with E-state index in [-0.39, 0.29) is 59.1 Å². The van der Waals surface area contributed by atoms with Gasteiger partial charge >= 0.3 is 25.2 Å². The van der Waals surface area contributed by atoms with Crippen molar-refractivity contribution in [1.29, 1.82) is 0 Å². The van der Waals surface area contributed by atoms with Crippen LogP contribution >= 0.6 is 0 Å². The lowest BCUT2D eigenvalue weighted by molar-refractivity contribution is -0.147. The molecular weight excluding hydrogens is 776 g/mol. The normalized spacial score (nSPS) is 17.1. The molecule has 12 nitrogen and oxygen atoms in total. The fourth-order valence-corrected chi connectivity index (χ4v) is 7.97. The number of nitrogens with zero attached hydrogens (tertiary/aromatic N) is 3. The molecular formula is C43H40F4N4O8. The molecule has 1 unspecified atom stereocenters. The number of likely N-dealkylation sites (tertiary alicyclic amines) is 1. The number of ether oxygens (including phenoxy) is 4. The molecule has 8 rings (SSSR count). The molecule has 2 aliphatic heterocycles. The summed E-state index contributed by atoms with van der Waals surface area (Å²) < 4.78 is 86.4. The first-order valence-corrected chi connectivity index (χ1v) is 19.2. The average Bonchev–Trinajstić information content (AvgIpc) is 4.04. The lowest BCUT2D eigenvalue weighted by Crippen LogP contribution is -2.36. The van der Waals surface area contributed by atoms with E-state index in [2.05, 4.69) is 10.3 Å². The van der Waals surface area contributed by atoms with Crippen LogP contribution in [0.15, 0.2) is 69.5 Å². The van der Waals surface area contributed by atoms with Crippen molar-refractivity contribution in [3.8, 4) is 45.5 Å². The summed E-state index contributed by atoms with van der Waals surface area (Å²) in [6, 6.07) is 16.2. The van der Waals surface area contributed by atoms with Gasteiger partial charge in [0.2, 0.25) is 11.8 Å². The molecule has 0 radical (unpaired) electrons. The summed E-state index contributed by atoms with van der Waals surface area (Å²) in [6.07, 6.45) is 2.83. The SMILES string of the molecule is COC(=O)C1CCCN1Cc1cc2nc(-c3cccc(-c4cccc(-c5nc6cc(COC(=O)[C@@H]7CCCN7)c(OC(F)F)cc6o5)c4C)c3C)oc2cc1OC(F)F. The third kappa shape index (κ3) is 8.19. The summed E-state index contributed by atoms with van der Waals surface area (Å²) in [6.45, 7) is -1.20. The number of carbonyl (C=O) groups is 2. The Morgan fingerprint density at radius 1 is 0.780 bits per heavy atom. The van der Waals surface area contributed by atoms with Crippen LogP contribution in [-0.4, -0.2) is 72.3 Å². The van der Waals surface area contributed by atoms with E-state index >= 15 is 0 Å². The Labute approximate surface area is 335 Å². The molecule has 0 spiro atoms. The van der Waals surface area contributed by atoms with Crippen LogP contribution in [0.1, 0.15) is 47.9 Å². The number of esters is 2. The van der Waals surface area contributed by atoms with E-state index in [4.69, 9.17) is 32.8 Å². The van der Waals surface area contributed by atoms with Crippen LogP contribution < -0.4 is 14.8 Å². The number of fused-ring (bicyclic) bond motifs is 2. The predicted octanol–water partition coefficient (Wildman–Crippen LogP) is 8.72. The number of aromatic nitrogens is 2. The third-order valence-corrected chi connectivity index (χ3v) is 10.9. The van der Waals surface area contributed by atoms with Crippen LogP contribution in [0, 0.1) is 13.8 Å². The van der Waals surface area contributed by atoms with E-state index in [0.29, 0.717) is 53.7 Å². The lowest BCUT2D eigenvalue weighted by Gasteiger charge is -2.23. The van der Waals surface area contributed by atoms with Crippen molar-refractivity contribution in [1.82, 2.24) is 20.2 Å². The van der Waals surface area contributed by atoms with Crippen LogP contribution in [0.5, 0.6) is 11.5 Å². The summed E-state index contributed by atoms with van der Waals surface area (Å²) in [5, 5.41) is 3.06. The molecule has 4 heterocycles. The van der Waals surface area contributed by atoms with E-state index in [1.165, 1.54) is 25.3 Å². The Balaban J connectivity index is 1.10. The number of oxazole rings is 2. The molecule has 59 heavy (non-hydrogen) atoms. The fraction of sp³-hybridized carbons (Fsp3) is 0.349. The van der Waals surface area contributed by atoms with E-state index in [0.717, 1.165) is 35.1 Å². The number of hydrogen-bond acceptors (Lipinski definition) is 12. The van der Waals surface area contributed by atoms with Gasteiger partial charge in [-0.15, -0.1) is 0 Å². The first-order valence-electron chi connectivity index (χ1n) is 19.2. The van der Waals surface area contributed by atoms with Gasteiger partial charge in [0.15, 0.2) is 11.2 Å². The van der Waals surface area contributed by atoms with Gasteiger partial charge in [-0.25, -0.2) is 9.97 Å². The minimum atomic E-state index is -3.12. The Hall–Kier alpha value is -6.00. The molecule has 6 aromatic rings. The summed E-state index contributed by atoms with van der Waals surface area (Å²) in [5.41, 5.74) is 6.52. The largest absolute Gasteiger partial charge is 0.468 e. The zero-order valence-corrected chi connectivity index (χ0v) is 32.4. The number of methoxy groups -OCH3 is 1. The maximum atomic E-state index is 13.6. The van der Waals surface area contributed by atoms with Crippen molar-refractivity contribution in [2.75, 3.05) is 20.2 Å². The smallest absolute Gasteiger partial charge is 0.387 e. The summed E-state index contributed by atoms with van der Waals surface area (Å²) in [7, 11) is 1.32. The van der Waals surface area contributed by atoms with Crippen molar-refractivity contribution in [3.63, 3.8) is 0 Å². The van der Waals surface area contributed by atoms with Crippen LogP contribution in [0.2, 0.25) is 0 Å². The topological polar surface area (TPSA) is 138 Å². The van der Waals surface area contributed by atoms with Gasteiger partial charge < -0.3 is 33.1 Å². The molecule has 16 heteroatoms. The minimum absolute atomic E-state index is 0.0721. The van der Waals surface area contributed by atoms with Gasteiger partial charge in [-0.2, -0.15) is 17.6 Å². The van der Waals surface area contributed by atoms with Crippen molar-refractivity contribution in [2.24, 2.45) is 0 Å². The maximum absolute atomic E-state index is 13.6. The molecule has 2 saturated heterocycles. The maximum Gasteiger partial charge on any atom is 0.387 e. The van der Waals surface area contributed by atoms with Crippen LogP contribution in [-0.2, 0) is 32.2 Å². The molecule has 0 saturated carbocycles. The molecule has 308 valence electrons. The van der Waals surface area contributed by atoms with Gasteiger partial charge in [-0.1, -0.05) is 24.3 Å². The summed E-state index contributed by atoms with van der Waals surface area (Å²) in [5.74, 6) is -0.606. The molecule has 0 bridgehead atoms. The second-order valence-electron chi connectivity index (χ2n) is 14.5. The second-order valence-corrected chi connectivity index (χ2v) is 14.5. The van der Waals surface area contributed by atoms with Gasteiger partial charge in [0, 0.05) is 40.9 Å². The Morgan fingerprint density at radius 2 is 1.34 bits per heavy atom. The van der Waals surface area contributed by atoms with Crippen LogP contribution in [0.25, 0.3) is 56.2 Å². The quantitative estimate of drug-likeness (QED) is 0.0881. The number of halogens is 4. The van der Waals surface area contributed by atoms with Gasteiger partial charge in [-0.05, 0) is 99.1 Å². The molecule has 4 aromatic carbocycles. The van der Waals surface area contributed by atoms with Crippen LogP contribution in [0.4, 0.5) is 17.6 Å². The number of benzene rings is 4. The van der Waals surface area contributed by atoms with E-state index < -0.39 is 31.3 Å². The molecule has 0 amide bonds. The fourth-order valence-electron chi connectivity index (χ4n) is 7.97. The highest BCUT2D eigenvalue weighted by Gasteiger charge is 2.33. The number of alkyl halides is 4. The molecule has 2 fully saturated rings. The van der Waals surface area contributed by atoms with E-state index in [1.54, 1.807) is 6.07 Å². The van der Waals surface area contributed by atoms with Gasteiger partial charge in [0.25, 0.3) is 0 Å². The van der Waals surface area contributed by atoms with E-state index in [9.17, 15) is 27.2 Å². The highest BCUT2D eigenvalue weighted by atomic mass is 19.3. The number of hydrogen-bond donors (Lipinski definition) is 1. The molecule has 2 atom stereocenters. The summed E-state index contributed by atoms with van der Waals surface area (Å²) >= 11 is 0. The standard InChI is InChI=1S/C43H40F4N4O8/c1-22-26(8-4-10-28(22)38-49-31-16-24(34(58-42(44)45)18-36(31)56-38)20-51-15-7-13-33(51)41(53)54-3)27-9-5-11-29(23(27)2)39-50-32-17-25(21-55-40(52)30-12-6-14-48-30)35(59-43(46)47)19-37(32)57-39/h4-5,8-11,16-19,30,33,42-43,48H,6-7,12-15,20-21H2,1-3H3/t30-,33?/m0/s1. The molecule has 2 aromatic heterocycles. The van der Waals surface area contributed by atoms with Gasteiger partial charge in [0.05, 0.1) is 7.11 Å². The van der Waals surface area contributed by atoms with Gasteiger partial charge in [-0.3, -0.25) is 14.5 Å². The highest BCUT2D eigenvalue weighted by molar-refractivity contribution is 5.86. The van der Waals surface area contributed by atoms with E-state index in [1.807, 2.05) is 55.1 Å². The number of rotatable bonds is 13. The number of nitrogens with one attached hydrogen (secondary N) is 1. The molecule has 1 N–H and O–H groups in total. The van der Waals surface area contributed by atoms with Crippen molar-refractivity contribution < 1.29 is 54.9 Å². The average molecular weight is 817 g/mol. The Morgan fingerprint density at radius 3 is 1.88 bits per heavy atom. The lowest BCUT2D eigenvalue weighted by atomic mass is 9.91. The first kappa shape index (κ1) is 39.8. The highest BCUT2D eigenvalue weighted by Crippen LogP contribution is 2.40. The predicted molar refractivity (Wildman–Crippen MR) is 207 cm³/mol. The molecule has 2 aliphatic rings. The zero-order chi connectivity index (χ0) is 41.4. The zero-order valence-electron chi connectivity index (χ0n) is 32.4. The van der Waals surface area contributed by atoms with Gasteiger partial charge in [0.1, 0.15) is 41.2 Å². The number of carbonyl (C=O) groups excluding carboxylic acids is 2. The van der Waals surface area contributed by atoms with Crippen molar-refractivity contribution >= 4 is 34.1 Å². The Bertz CT molecular complexity index is 2530. The van der Waals surface area contributed by atoms with Crippen molar-refractivity contribution in [3.05, 3.63) is 82.9 Å². The Kier molecular flexibility index (Phi) is 11.3. The first-order chi connectivity index (χ1) is 28.5. The van der Waals surface area contributed by atoms with Crippen LogP contribution in [0.3, 0.4) is 0 Å². The minimum Gasteiger partial charge on any atom is -0.468 e. The second kappa shape index (κ2) is 16.7. The summed E-state index contributed by atoms with van der Waals surface area (Å²) in [4.78, 5) is 36.3. The monoisotopic (exact) mass is 816 g/mol. The molecule has 0 aliphatic carbocycles. The third-order valence-electron chi connectivity index (χ3n) is 10.9.